The molecule has 0 N–H and O–H groups in total. The summed E-state index contributed by atoms with van der Waals surface area (Å²) >= 11 is 0. The van der Waals surface area contributed by atoms with Gasteiger partial charge in [-0.25, -0.2) is 4.98 Å². The molecule has 0 radical (unpaired) electrons. The van der Waals surface area contributed by atoms with Gasteiger partial charge in [0.05, 0.1) is 33.4 Å². The highest BCUT2D eigenvalue weighted by Gasteiger charge is 2.36. The van der Waals surface area contributed by atoms with E-state index in [0.29, 0.717) is 53.3 Å². The first-order valence-corrected chi connectivity index (χ1v) is 8.83. The smallest absolute Gasteiger partial charge is 0.254 e. The van der Waals surface area contributed by atoms with E-state index in [-0.39, 0.29) is 11.8 Å². The predicted octanol–water partition coefficient (Wildman–Crippen LogP) is 1.79. The molecule has 10 nitrogen and oxygen atoms in total. The summed E-state index contributed by atoms with van der Waals surface area (Å²) in [6, 6.07) is 3.27. The Bertz CT molecular complexity index is 992. The van der Waals surface area contributed by atoms with Gasteiger partial charge in [-0.2, -0.15) is 4.98 Å². The fraction of sp³-hybridized carbons (Fsp3) is 0.316. The molecule has 1 aromatic carbocycles. The number of rotatable bonds is 6. The molecule has 4 rings (SSSR count). The van der Waals surface area contributed by atoms with Crippen molar-refractivity contribution < 1.29 is 23.5 Å². The molecule has 3 heterocycles. The van der Waals surface area contributed by atoms with E-state index in [0.717, 1.165) is 0 Å². The van der Waals surface area contributed by atoms with Crippen LogP contribution in [-0.2, 0) is 0 Å². The molecule has 0 saturated carbocycles. The summed E-state index contributed by atoms with van der Waals surface area (Å²) in [5.41, 5.74) is 0.982. The lowest BCUT2D eigenvalue weighted by Gasteiger charge is -2.37. The molecule has 10 heteroatoms. The van der Waals surface area contributed by atoms with Crippen molar-refractivity contribution in [1.29, 1.82) is 0 Å². The van der Waals surface area contributed by atoms with Gasteiger partial charge in [-0.05, 0) is 12.1 Å². The molecule has 1 aliphatic heterocycles. The van der Waals surface area contributed by atoms with Crippen molar-refractivity contribution in [2.24, 2.45) is 0 Å². The zero-order valence-corrected chi connectivity index (χ0v) is 16.2. The SMILES string of the molecule is COc1cc(C(=O)N2CC(c3nc(-c4cnccn4)no3)C2)cc(OC)c1OC. The van der Waals surface area contributed by atoms with Crippen molar-refractivity contribution in [3.63, 3.8) is 0 Å². The Kier molecular flexibility index (Phi) is 4.98. The number of hydrogen-bond donors (Lipinski definition) is 0. The molecule has 29 heavy (non-hydrogen) atoms. The van der Waals surface area contributed by atoms with Crippen molar-refractivity contribution >= 4 is 5.91 Å². The van der Waals surface area contributed by atoms with Crippen molar-refractivity contribution in [1.82, 2.24) is 25.0 Å². The van der Waals surface area contributed by atoms with Gasteiger partial charge in [-0.1, -0.05) is 5.16 Å². The van der Waals surface area contributed by atoms with Crippen LogP contribution in [0.4, 0.5) is 0 Å². The Labute approximate surface area is 166 Å². The number of carbonyl (C=O) groups excluding carboxylic acids is 1. The van der Waals surface area contributed by atoms with E-state index in [1.165, 1.54) is 21.3 Å². The fourth-order valence-corrected chi connectivity index (χ4v) is 3.11. The van der Waals surface area contributed by atoms with Gasteiger partial charge in [0.15, 0.2) is 11.5 Å². The van der Waals surface area contributed by atoms with Crippen LogP contribution in [0.5, 0.6) is 17.2 Å². The molecule has 1 amide bonds. The van der Waals surface area contributed by atoms with E-state index in [1.54, 1.807) is 35.6 Å². The maximum absolute atomic E-state index is 12.9. The largest absolute Gasteiger partial charge is 0.493 e. The van der Waals surface area contributed by atoms with Gasteiger partial charge in [-0.3, -0.25) is 9.78 Å². The van der Waals surface area contributed by atoms with Crippen LogP contribution in [0.15, 0.2) is 35.2 Å². The zero-order valence-electron chi connectivity index (χ0n) is 16.2. The van der Waals surface area contributed by atoms with Crippen molar-refractivity contribution in [2.75, 3.05) is 34.4 Å². The van der Waals surface area contributed by atoms with Gasteiger partial charge in [-0.15, -0.1) is 0 Å². The van der Waals surface area contributed by atoms with Crippen molar-refractivity contribution in [3.05, 3.63) is 42.2 Å². The van der Waals surface area contributed by atoms with Crippen molar-refractivity contribution in [3.8, 4) is 28.8 Å². The number of ether oxygens (including phenoxy) is 3. The lowest BCUT2D eigenvalue weighted by molar-refractivity contribution is 0.0568. The molecular formula is C19H19N5O5. The van der Waals surface area contributed by atoms with Crippen LogP contribution in [0.3, 0.4) is 0 Å². The minimum atomic E-state index is -0.144. The normalized spacial score (nSPS) is 13.7. The highest BCUT2D eigenvalue weighted by molar-refractivity contribution is 5.96. The number of methoxy groups -OCH3 is 3. The van der Waals surface area contributed by atoms with Crippen LogP contribution in [0, 0.1) is 0 Å². The van der Waals surface area contributed by atoms with Crippen LogP contribution in [0.2, 0.25) is 0 Å². The summed E-state index contributed by atoms with van der Waals surface area (Å²) in [4.78, 5) is 27.1. The standard InChI is InChI=1S/C19H19N5O5/c1-26-14-6-11(7-15(27-2)16(14)28-3)19(25)24-9-12(10-24)18-22-17(23-29-18)13-8-20-4-5-21-13/h4-8,12H,9-10H2,1-3H3. The maximum atomic E-state index is 12.9. The lowest BCUT2D eigenvalue weighted by Crippen LogP contribution is -2.48. The Hall–Kier alpha value is -3.69. The Morgan fingerprint density at radius 3 is 2.41 bits per heavy atom. The predicted molar refractivity (Wildman–Crippen MR) is 100 cm³/mol. The highest BCUT2D eigenvalue weighted by atomic mass is 16.5. The third-order valence-corrected chi connectivity index (χ3v) is 4.66. The third-order valence-electron chi connectivity index (χ3n) is 4.66. The minimum absolute atomic E-state index is 0.0288. The summed E-state index contributed by atoms with van der Waals surface area (Å²) in [5, 5.41) is 3.94. The molecule has 3 aromatic rings. The summed E-state index contributed by atoms with van der Waals surface area (Å²) in [6.07, 6.45) is 4.70. The number of likely N-dealkylation sites (tertiary alicyclic amines) is 1. The molecular weight excluding hydrogens is 378 g/mol. The summed E-state index contributed by atoms with van der Waals surface area (Å²) in [5.74, 6) is 1.97. The quantitative estimate of drug-likeness (QED) is 0.614. The van der Waals surface area contributed by atoms with Gasteiger partial charge in [0.2, 0.25) is 17.5 Å². The molecule has 0 bridgehead atoms. The molecule has 150 valence electrons. The first-order chi connectivity index (χ1) is 14.1. The number of carbonyl (C=O) groups is 1. The van der Waals surface area contributed by atoms with Crippen LogP contribution >= 0.6 is 0 Å². The van der Waals surface area contributed by atoms with E-state index in [2.05, 4.69) is 20.1 Å². The fourth-order valence-electron chi connectivity index (χ4n) is 3.11. The minimum Gasteiger partial charge on any atom is -0.493 e. The van der Waals surface area contributed by atoms with Crippen LogP contribution < -0.4 is 14.2 Å². The summed E-state index contributed by atoms with van der Waals surface area (Å²) in [6.45, 7) is 0.940. The molecule has 0 atom stereocenters. The second-order valence-electron chi connectivity index (χ2n) is 6.37. The lowest BCUT2D eigenvalue weighted by atomic mass is 9.98. The van der Waals surface area contributed by atoms with Crippen LogP contribution in [0.25, 0.3) is 11.5 Å². The molecule has 1 aliphatic rings. The molecule has 0 unspecified atom stereocenters. The number of hydrogen-bond acceptors (Lipinski definition) is 9. The van der Waals surface area contributed by atoms with E-state index >= 15 is 0 Å². The maximum Gasteiger partial charge on any atom is 0.254 e. The second kappa shape index (κ2) is 7.74. The number of aromatic nitrogens is 4. The van der Waals surface area contributed by atoms with E-state index in [9.17, 15) is 4.79 Å². The number of amides is 1. The van der Waals surface area contributed by atoms with Gasteiger partial charge in [0.1, 0.15) is 5.69 Å². The van der Waals surface area contributed by atoms with Crippen LogP contribution in [0.1, 0.15) is 22.2 Å². The van der Waals surface area contributed by atoms with Gasteiger partial charge >= 0.3 is 0 Å². The number of benzene rings is 1. The monoisotopic (exact) mass is 397 g/mol. The van der Waals surface area contributed by atoms with E-state index < -0.39 is 0 Å². The summed E-state index contributed by atoms with van der Waals surface area (Å²) < 4.78 is 21.3. The molecule has 0 spiro atoms. The Balaban J connectivity index is 1.46. The average molecular weight is 397 g/mol. The third kappa shape index (κ3) is 3.44. The summed E-state index contributed by atoms with van der Waals surface area (Å²) in [7, 11) is 4.53. The zero-order chi connectivity index (χ0) is 20.4. The molecule has 2 aromatic heterocycles. The van der Waals surface area contributed by atoms with Gasteiger partial charge < -0.3 is 23.6 Å². The van der Waals surface area contributed by atoms with Gasteiger partial charge in [0.25, 0.3) is 5.91 Å². The van der Waals surface area contributed by atoms with E-state index in [4.69, 9.17) is 18.7 Å². The molecule has 0 aliphatic carbocycles. The van der Waals surface area contributed by atoms with Crippen LogP contribution in [-0.4, -0.2) is 65.3 Å². The van der Waals surface area contributed by atoms with Gasteiger partial charge in [0, 0.05) is 31.0 Å². The number of nitrogens with zero attached hydrogens (tertiary/aromatic N) is 5. The average Bonchev–Trinajstić information content (AvgIpc) is 3.21. The topological polar surface area (TPSA) is 113 Å². The molecule has 1 fully saturated rings. The van der Waals surface area contributed by atoms with E-state index in [1.807, 2.05) is 0 Å². The Morgan fingerprint density at radius 1 is 1.10 bits per heavy atom. The highest BCUT2D eigenvalue weighted by Crippen LogP contribution is 2.39. The Morgan fingerprint density at radius 2 is 1.83 bits per heavy atom. The molecule has 1 saturated heterocycles. The first-order valence-electron chi connectivity index (χ1n) is 8.83. The second-order valence-corrected chi connectivity index (χ2v) is 6.37. The van der Waals surface area contributed by atoms with Crippen molar-refractivity contribution in [2.45, 2.75) is 5.92 Å². The first kappa shape index (κ1) is 18.7.